The third-order valence-corrected chi connectivity index (χ3v) is 5.14. The number of halogens is 1. The third-order valence-electron chi connectivity index (χ3n) is 4.96. The highest BCUT2D eigenvalue weighted by molar-refractivity contribution is 6.29. The molecule has 0 saturated heterocycles. The predicted molar refractivity (Wildman–Crippen MR) is 116 cm³/mol. The number of H-pyrrole nitrogens is 1. The van der Waals surface area contributed by atoms with E-state index in [0.717, 1.165) is 33.8 Å². The minimum absolute atomic E-state index is 0.272. The number of rotatable bonds is 5. The lowest BCUT2D eigenvalue weighted by Crippen LogP contribution is -2.05. The van der Waals surface area contributed by atoms with Crippen molar-refractivity contribution in [2.24, 2.45) is 0 Å². The Morgan fingerprint density at radius 2 is 2.10 bits per heavy atom. The fourth-order valence-electron chi connectivity index (χ4n) is 3.36. The van der Waals surface area contributed by atoms with Gasteiger partial charge in [0.25, 0.3) is 0 Å². The molecule has 0 amide bonds. The molecule has 0 bridgehead atoms. The normalized spacial score (nSPS) is 11.8. The van der Waals surface area contributed by atoms with Crippen LogP contribution in [0.3, 0.4) is 0 Å². The Morgan fingerprint density at radius 3 is 2.87 bits per heavy atom. The van der Waals surface area contributed by atoms with Crippen LogP contribution in [-0.4, -0.2) is 39.3 Å². The maximum Gasteiger partial charge on any atom is 0.178 e. The summed E-state index contributed by atoms with van der Waals surface area (Å²) in [6.07, 6.45) is 7.33. The molecule has 0 aliphatic heterocycles. The smallest absolute Gasteiger partial charge is 0.178 e. The van der Waals surface area contributed by atoms with Crippen LogP contribution in [0.25, 0.3) is 28.1 Å². The van der Waals surface area contributed by atoms with E-state index < -0.39 is 0 Å². The molecule has 0 radical (unpaired) electrons. The molecule has 0 spiro atoms. The van der Waals surface area contributed by atoms with Gasteiger partial charge < -0.3 is 10.3 Å². The number of pyridine rings is 1. The van der Waals surface area contributed by atoms with Gasteiger partial charge in [0.2, 0.25) is 0 Å². The second-order valence-corrected chi connectivity index (χ2v) is 7.81. The van der Waals surface area contributed by atoms with Gasteiger partial charge in [-0.15, -0.1) is 0 Å². The van der Waals surface area contributed by atoms with Gasteiger partial charge in [-0.3, -0.25) is 4.68 Å². The van der Waals surface area contributed by atoms with Gasteiger partial charge in [0.05, 0.1) is 35.8 Å². The van der Waals surface area contributed by atoms with E-state index in [1.807, 2.05) is 30.1 Å². The van der Waals surface area contributed by atoms with Crippen molar-refractivity contribution in [2.75, 3.05) is 5.32 Å². The molecule has 0 saturated carbocycles. The maximum absolute atomic E-state index is 6.31. The summed E-state index contributed by atoms with van der Waals surface area (Å²) in [5, 5.41) is 12.6. The summed E-state index contributed by atoms with van der Waals surface area (Å²) < 4.78 is 3.63. The van der Waals surface area contributed by atoms with Crippen molar-refractivity contribution in [3.8, 4) is 11.3 Å². The monoisotopic (exact) mass is 421 g/mol. The molecule has 5 aromatic heterocycles. The van der Waals surface area contributed by atoms with Gasteiger partial charge in [-0.05, 0) is 32.4 Å². The summed E-state index contributed by atoms with van der Waals surface area (Å²) in [5.41, 5.74) is 5.95. The molecule has 0 fully saturated rings. The molecule has 2 N–H and O–H groups in total. The fourth-order valence-corrected chi connectivity index (χ4v) is 3.55. The number of aromatic amines is 1. The number of hydrogen-bond donors (Lipinski definition) is 2. The van der Waals surface area contributed by atoms with Crippen molar-refractivity contribution < 1.29 is 0 Å². The number of anilines is 1. The van der Waals surface area contributed by atoms with Crippen molar-refractivity contribution in [1.82, 2.24) is 39.3 Å². The molecular weight excluding hydrogens is 402 g/mol. The maximum atomic E-state index is 6.31. The number of nitrogens with one attached hydrogen (secondary N) is 2. The molecule has 30 heavy (non-hydrogen) atoms. The van der Waals surface area contributed by atoms with Crippen molar-refractivity contribution in [1.29, 1.82) is 0 Å². The molecule has 5 rings (SSSR count). The lowest BCUT2D eigenvalue weighted by molar-refractivity contribution is 0.532. The van der Waals surface area contributed by atoms with Crippen molar-refractivity contribution in [3.05, 3.63) is 53.5 Å². The summed E-state index contributed by atoms with van der Waals surface area (Å²) in [6.45, 7) is 6.66. The molecule has 10 heteroatoms. The van der Waals surface area contributed by atoms with E-state index in [0.29, 0.717) is 23.0 Å². The molecule has 9 nitrogen and oxygen atoms in total. The van der Waals surface area contributed by atoms with E-state index in [9.17, 15) is 0 Å². The summed E-state index contributed by atoms with van der Waals surface area (Å²) in [6, 6.07) is 3.99. The average molecular weight is 422 g/mol. The van der Waals surface area contributed by atoms with Crippen molar-refractivity contribution in [3.63, 3.8) is 0 Å². The SMILES string of the molecule is Cc1ccnc2nc(CNc3cc(Cl)nn4c(-c5cnn(C(C)C)c5)cnc34)[nH]c12. The van der Waals surface area contributed by atoms with Gasteiger partial charge in [0, 0.05) is 30.1 Å². The van der Waals surface area contributed by atoms with Crippen LogP contribution in [0.1, 0.15) is 31.3 Å². The second kappa shape index (κ2) is 7.10. The number of imidazole rings is 2. The summed E-state index contributed by atoms with van der Waals surface area (Å²) in [7, 11) is 0. The number of aromatic nitrogens is 8. The third kappa shape index (κ3) is 3.17. The van der Waals surface area contributed by atoms with Crippen LogP contribution in [0.4, 0.5) is 5.69 Å². The first-order chi connectivity index (χ1) is 14.5. The second-order valence-electron chi connectivity index (χ2n) is 7.43. The van der Waals surface area contributed by atoms with Gasteiger partial charge in [0.15, 0.2) is 16.4 Å². The highest BCUT2D eigenvalue weighted by Crippen LogP contribution is 2.26. The first-order valence-electron chi connectivity index (χ1n) is 9.62. The Kier molecular flexibility index (Phi) is 4.39. The Hall–Kier alpha value is -3.46. The van der Waals surface area contributed by atoms with Crippen LogP contribution >= 0.6 is 11.6 Å². The Labute approximate surface area is 177 Å². The van der Waals surface area contributed by atoms with Crippen LogP contribution in [0.15, 0.2) is 36.9 Å². The molecule has 5 heterocycles. The van der Waals surface area contributed by atoms with E-state index in [-0.39, 0.29) is 6.04 Å². The van der Waals surface area contributed by atoms with Crippen molar-refractivity contribution in [2.45, 2.75) is 33.4 Å². The highest BCUT2D eigenvalue weighted by Gasteiger charge is 2.15. The molecule has 5 aromatic rings. The van der Waals surface area contributed by atoms with Gasteiger partial charge in [-0.25, -0.2) is 19.5 Å². The van der Waals surface area contributed by atoms with Gasteiger partial charge in [-0.1, -0.05) is 11.6 Å². The Bertz CT molecular complexity index is 1360. The van der Waals surface area contributed by atoms with E-state index >= 15 is 0 Å². The topological polar surface area (TPSA) is 102 Å². The zero-order chi connectivity index (χ0) is 20.8. The first kappa shape index (κ1) is 18.6. The number of hydrogen-bond acceptors (Lipinski definition) is 6. The van der Waals surface area contributed by atoms with Crippen LogP contribution in [-0.2, 0) is 6.54 Å². The van der Waals surface area contributed by atoms with E-state index in [1.54, 1.807) is 23.0 Å². The zero-order valence-electron chi connectivity index (χ0n) is 16.8. The van der Waals surface area contributed by atoms with Crippen LogP contribution in [0.2, 0.25) is 5.15 Å². The molecule has 0 aromatic carbocycles. The molecule has 0 aliphatic carbocycles. The van der Waals surface area contributed by atoms with Crippen LogP contribution < -0.4 is 5.32 Å². The van der Waals surface area contributed by atoms with Crippen molar-refractivity contribution >= 4 is 34.1 Å². The lowest BCUT2D eigenvalue weighted by Gasteiger charge is -2.07. The number of aryl methyl sites for hydroxylation is 1. The average Bonchev–Trinajstić information content (AvgIpc) is 3.43. The zero-order valence-corrected chi connectivity index (χ0v) is 17.5. The predicted octanol–water partition coefficient (Wildman–Crippen LogP) is 4.02. The summed E-state index contributed by atoms with van der Waals surface area (Å²) >= 11 is 6.31. The molecule has 0 aliphatic rings. The highest BCUT2D eigenvalue weighted by atomic mass is 35.5. The number of nitrogens with zero attached hydrogens (tertiary/aromatic N) is 7. The van der Waals surface area contributed by atoms with E-state index in [4.69, 9.17) is 11.6 Å². The summed E-state index contributed by atoms with van der Waals surface area (Å²) in [4.78, 5) is 16.7. The fraction of sp³-hybridized carbons (Fsp3) is 0.250. The van der Waals surface area contributed by atoms with Gasteiger partial charge in [-0.2, -0.15) is 10.2 Å². The van der Waals surface area contributed by atoms with E-state index in [2.05, 4.69) is 49.3 Å². The Morgan fingerprint density at radius 1 is 1.23 bits per heavy atom. The Balaban J connectivity index is 1.48. The quantitative estimate of drug-likeness (QED) is 0.444. The minimum Gasteiger partial charge on any atom is -0.375 e. The molecule has 152 valence electrons. The number of fused-ring (bicyclic) bond motifs is 2. The molecule has 0 atom stereocenters. The summed E-state index contributed by atoms with van der Waals surface area (Å²) in [5.74, 6) is 0.780. The first-order valence-corrected chi connectivity index (χ1v) is 10.0. The molecular formula is C20H20ClN9. The minimum atomic E-state index is 0.272. The van der Waals surface area contributed by atoms with Crippen LogP contribution in [0, 0.1) is 6.92 Å². The molecule has 0 unspecified atom stereocenters. The van der Waals surface area contributed by atoms with Gasteiger partial charge in [0.1, 0.15) is 5.82 Å². The van der Waals surface area contributed by atoms with E-state index in [1.165, 1.54) is 0 Å². The van der Waals surface area contributed by atoms with Gasteiger partial charge >= 0.3 is 0 Å². The van der Waals surface area contributed by atoms with Crippen LogP contribution in [0.5, 0.6) is 0 Å². The lowest BCUT2D eigenvalue weighted by atomic mass is 10.3. The standard InChI is InChI=1S/C20H20ClN9/c1-11(2)29-10-13(7-25-29)15-8-24-20-14(6-16(21)28-30(15)20)23-9-17-26-18-12(3)4-5-22-19(18)27-17/h4-8,10-11,23H,9H2,1-3H3,(H,22,26,27). The largest absolute Gasteiger partial charge is 0.375 e.